The van der Waals surface area contributed by atoms with Gasteiger partial charge in [0.1, 0.15) is 4.90 Å². The van der Waals surface area contributed by atoms with Crippen LogP contribution in [0, 0.1) is 5.92 Å². The standard InChI is InChI=1S/C14H18ClF3N2O2S.ClH/c1-9-3-2-6-20(12(9)8-19)23(21,22)13-7-10(14(16,17)18)4-5-11(13)15;/h4-5,7,9,12H,2-3,6,8,19H2,1H3;1H. The van der Waals surface area contributed by atoms with Crippen molar-refractivity contribution in [2.45, 2.75) is 36.9 Å². The van der Waals surface area contributed by atoms with Crippen LogP contribution < -0.4 is 5.73 Å². The molecule has 0 aliphatic carbocycles. The van der Waals surface area contributed by atoms with Crippen LogP contribution in [0.4, 0.5) is 13.2 Å². The van der Waals surface area contributed by atoms with E-state index in [2.05, 4.69) is 0 Å². The van der Waals surface area contributed by atoms with E-state index in [1.165, 1.54) is 4.31 Å². The highest BCUT2D eigenvalue weighted by Gasteiger charge is 2.39. The van der Waals surface area contributed by atoms with E-state index in [0.717, 1.165) is 18.6 Å². The summed E-state index contributed by atoms with van der Waals surface area (Å²) in [6.07, 6.45) is -3.19. The van der Waals surface area contributed by atoms with Crippen LogP contribution in [0.3, 0.4) is 0 Å². The van der Waals surface area contributed by atoms with E-state index in [9.17, 15) is 21.6 Å². The van der Waals surface area contributed by atoms with Gasteiger partial charge in [-0.25, -0.2) is 8.42 Å². The molecule has 1 aliphatic rings. The Morgan fingerprint density at radius 3 is 2.54 bits per heavy atom. The molecule has 1 saturated heterocycles. The molecule has 0 saturated carbocycles. The smallest absolute Gasteiger partial charge is 0.329 e. The van der Waals surface area contributed by atoms with E-state index in [4.69, 9.17) is 17.3 Å². The zero-order valence-electron chi connectivity index (χ0n) is 12.9. The molecule has 10 heteroatoms. The first-order chi connectivity index (χ1) is 10.6. The maximum Gasteiger partial charge on any atom is 0.416 e. The van der Waals surface area contributed by atoms with Crippen molar-refractivity contribution in [3.05, 3.63) is 28.8 Å². The van der Waals surface area contributed by atoms with Crippen LogP contribution in [0.25, 0.3) is 0 Å². The lowest BCUT2D eigenvalue weighted by Gasteiger charge is -2.38. The third kappa shape index (κ3) is 4.16. The second-order valence-electron chi connectivity index (χ2n) is 5.68. The summed E-state index contributed by atoms with van der Waals surface area (Å²) in [5.74, 6) is 0.0353. The van der Waals surface area contributed by atoms with Gasteiger partial charge < -0.3 is 5.73 Å². The molecular weight excluding hydrogens is 388 g/mol. The molecule has 2 unspecified atom stereocenters. The summed E-state index contributed by atoms with van der Waals surface area (Å²) in [5.41, 5.74) is 4.63. The van der Waals surface area contributed by atoms with Crippen LogP contribution in [0.2, 0.25) is 5.02 Å². The van der Waals surface area contributed by atoms with Gasteiger partial charge in [0.25, 0.3) is 0 Å². The summed E-state index contributed by atoms with van der Waals surface area (Å²) in [6.45, 7) is 2.21. The van der Waals surface area contributed by atoms with Gasteiger partial charge in [0, 0.05) is 19.1 Å². The highest BCUT2D eigenvalue weighted by molar-refractivity contribution is 7.89. The average Bonchev–Trinajstić information content (AvgIpc) is 2.45. The fraction of sp³-hybridized carbons (Fsp3) is 0.571. The van der Waals surface area contributed by atoms with E-state index >= 15 is 0 Å². The van der Waals surface area contributed by atoms with Gasteiger partial charge in [0.2, 0.25) is 10.0 Å². The Balaban J connectivity index is 0.00000288. The highest BCUT2D eigenvalue weighted by atomic mass is 35.5. The fourth-order valence-corrected chi connectivity index (χ4v) is 5.14. The zero-order valence-corrected chi connectivity index (χ0v) is 15.3. The SMILES string of the molecule is CC1CCCN(S(=O)(=O)c2cc(C(F)(F)F)ccc2Cl)C1CN.Cl. The van der Waals surface area contributed by atoms with Gasteiger partial charge in [0.05, 0.1) is 10.6 Å². The number of rotatable bonds is 3. The van der Waals surface area contributed by atoms with E-state index in [1.54, 1.807) is 0 Å². The Labute approximate surface area is 150 Å². The van der Waals surface area contributed by atoms with Crippen molar-refractivity contribution >= 4 is 34.0 Å². The Hall–Kier alpha value is -0.540. The lowest BCUT2D eigenvalue weighted by Crippen LogP contribution is -2.51. The van der Waals surface area contributed by atoms with Crippen LogP contribution in [0.15, 0.2) is 23.1 Å². The average molecular weight is 407 g/mol. The van der Waals surface area contributed by atoms with Crippen molar-refractivity contribution in [3.8, 4) is 0 Å². The highest BCUT2D eigenvalue weighted by Crippen LogP contribution is 2.36. The Morgan fingerprint density at radius 1 is 1.38 bits per heavy atom. The van der Waals surface area contributed by atoms with Gasteiger partial charge in [-0.3, -0.25) is 0 Å². The third-order valence-corrected chi connectivity index (χ3v) is 6.56. The lowest BCUT2D eigenvalue weighted by atomic mass is 9.93. The quantitative estimate of drug-likeness (QED) is 0.834. The number of benzene rings is 1. The molecule has 1 fully saturated rings. The second-order valence-corrected chi connectivity index (χ2v) is 7.95. The molecular formula is C14H19Cl2F3N2O2S. The predicted octanol–water partition coefficient (Wildman–Crippen LogP) is 3.53. The predicted molar refractivity (Wildman–Crippen MR) is 88.8 cm³/mol. The lowest BCUT2D eigenvalue weighted by molar-refractivity contribution is -0.137. The summed E-state index contributed by atoms with van der Waals surface area (Å²) in [4.78, 5) is -0.526. The Kier molecular flexibility index (Phi) is 6.97. The molecule has 0 amide bonds. The number of nitrogens with two attached hydrogens (primary N) is 1. The number of nitrogens with zero attached hydrogens (tertiary/aromatic N) is 1. The minimum absolute atomic E-state index is 0. The normalized spacial score (nSPS) is 22.9. The van der Waals surface area contributed by atoms with Gasteiger partial charge in [-0.2, -0.15) is 17.5 Å². The first-order valence-corrected chi connectivity index (χ1v) is 8.99. The summed E-state index contributed by atoms with van der Waals surface area (Å²) in [6, 6.07) is 1.87. The third-order valence-electron chi connectivity index (χ3n) is 4.15. The van der Waals surface area contributed by atoms with Crippen molar-refractivity contribution in [1.29, 1.82) is 0 Å². The molecule has 0 radical (unpaired) electrons. The summed E-state index contributed by atoms with van der Waals surface area (Å²) < 4.78 is 65.4. The monoisotopic (exact) mass is 406 g/mol. The van der Waals surface area contributed by atoms with E-state index in [-0.39, 0.29) is 36.4 Å². The maximum atomic E-state index is 12.9. The molecule has 0 bridgehead atoms. The number of halogens is 5. The van der Waals surface area contributed by atoms with Crippen molar-refractivity contribution in [2.75, 3.05) is 13.1 Å². The van der Waals surface area contributed by atoms with E-state index < -0.39 is 32.7 Å². The van der Waals surface area contributed by atoms with Crippen LogP contribution in [0.5, 0.6) is 0 Å². The van der Waals surface area contributed by atoms with Gasteiger partial charge >= 0.3 is 6.18 Å². The minimum atomic E-state index is -4.64. The molecule has 1 aliphatic heterocycles. The first-order valence-electron chi connectivity index (χ1n) is 7.17. The zero-order chi connectivity index (χ0) is 17.4. The molecule has 0 aromatic heterocycles. The molecule has 138 valence electrons. The fourth-order valence-electron chi connectivity index (χ4n) is 2.86. The molecule has 2 atom stereocenters. The molecule has 0 spiro atoms. The Bertz CT molecular complexity index is 683. The number of sulfonamides is 1. The molecule has 4 nitrogen and oxygen atoms in total. The van der Waals surface area contributed by atoms with Crippen LogP contribution in [-0.2, 0) is 16.2 Å². The second kappa shape index (κ2) is 7.78. The van der Waals surface area contributed by atoms with Crippen molar-refractivity contribution in [1.82, 2.24) is 4.31 Å². The van der Waals surface area contributed by atoms with Crippen molar-refractivity contribution in [3.63, 3.8) is 0 Å². The molecule has 1 aromatic rings. The molecule has 1 heterocycles. The first kappa shape index (κ1) is 21.5. The molecule has 1 aromatic carbocycles. The van der Waals surface area contributed by atoms with E-state index in [0.29, 0.717) is 12.5 Å². The summed E-state index contributed by atoms with van der Waals surface area (Å²) in [5, 5.41) is -0.230. The summed E-state index contributed by atoms with van der Waals surface area (Å²) in [7, 11) is -4.15. The number of piperidine rings is 1. The molecule has 2 rings (SSSR count). The molecule has 2 N–H and O–H groups in total. The van der Waals surface area contributed by atoms with Gasteiger partial charge in [0.15, 0.2) is 0 Å². The number of alkyl halides is 3. The number of hydrogen-bond donors (Lipinski definition) is 1. The van der Waals surface area contributed by atoms with Crippen LogP contribution >= 0.6 is 24.0 Å². The van der Waals surface area contributed by atoms with Crippen LogP contribution in [0.1, 0.15) is 25.3 Å². The Morgan fingerprint density at radius 2 is 2.00 bits per heavy atom. The van der Waals surface area contributed by atoms with Crippen molar-refractivity contribution < 1.29 is 21.6 Å². The van der Waals surface area contributed by atoms with Crippen LogP contribution in [-0.4, -0.2) is 31.9 Å². The van der Waals surface area contributed by atoms with E-state index in [1.807, 2.05) is 6.92 Å². The van der Waals surface area contributed by atoms with Gasteiger partial charge in [-0.05, 0) is 37.0 Å². The minimum Gasteiger partial charge on any atom is -0.329 e. The van der Waals surface area contributed by atoms with Crippen molar-refractivity contribution in [2.24, 2.45) is 11.7 Å². The molecule has 24 heavy (non-hydrogen) atoms. The number of hydrogen-bond acceptors (Lipinski definition) is 3. The van der Waals surface area contributed by atoms with Gasteiger partial charge in [-0.15, -0.1) is 12.4 Å². The maximum absolute atomic E-state index is 12.9. The topological polar surface area (TPSA) is 63.4 Å². The summed E-state index contributed by atoms with van der Waals surface area (Å²) >= 11 is 5.87. The largest absolute Gasteiger partial charge is 0.416 e. The van der Waals surface area contributed by atoms with Gasteiger partial charge in [-0.1, -0.05) is 18.5 Å².